The van der Waals surface area contributed by atoms with Crippen LogP contribution in [0.15, 0.2) is 11.4 Å². The van der Waals surface area contributed by atoms with Gasteiger partial charge in [0.1, 0.15) is 16.7 Å². The van der Waals surface area contributed by atoms with Gasteiger partial charge in [0, 0.05) is 13.1 Å². The van der Waals surface area contributed by atoms with Gasteiger partial charge in [0.15, 0.2) is 0 Å². The third kappa shape index (κ3) is 3.22. The second-order valence-electron chi connectivity index (χ2n) is 4.56. The fourth-order valence-corrected chi connectivity index (χ4v) is 2.87. The number of nitrogens with two attached hydrogens (primary N) is 1. The van der Waals surface area contributed by atoms with E-state index in [1.54, 1.807) is 4.90 Å². The highest BCUT2D eigenvalue weighted by molar-refractivity contribution is 7.16. The Bertz CT molecular complexity index is 624. The van der Waals surface area contributed by atoms with Gasteiger partial charge in [0.2, 0.25) is 11.9 Å². The third-order valence-corrected chi connectivity index (χ3v) is 4.06. The van der Waals surface area contributed by atoms with E-state index in [0.29, 0.717) is 24.9 Å². The first-order valence-electron chi connectivity index (χ1n) is 6.87. The smallest absolute Gasteiger partial charge is 0.244 e. The average molecular weight is 308 g/mol. The number of aromatic nitrogens is 2. The lowest BCUT2D eigenvalue weighted by Crippen LogP contribution is -2.41. The summed E-state index contributed by atoms with van der Waals surface area (Å²) < 4.78 is 0. The molecule has 0 aliphatic heterocycles. The molecule has 21 heavy (non-hydrogen) atoms. The van der Waals surface area contributed by atoms with E-state index in [2.05, 4.69) is 20.7 Å². The van der Waals surface area contributed by atoms with Crippen LogP contribution in [-0.4, -0.2) is 39.9 Å². The van der Waals surface area contributed by atoms with E-state index < -0.39 is 0 Å². The van der Waals surface area contributed by atoms with Crippen LogP contribution in [0.4, 0.5) is 11.8 Å². The molecule has 1 amide bonds. The van der Waals surface area contributed by atoms with Gasteiger partial charge in [-0.3, -0.25) is 10.2 Å². The van der Waals surface area contributed by atoms with E-state index in [4.69, 9.17) is 5.84 Å². The van der Waals surface area contributed by atoms with Gasteiger partial charge in [-0.1, -0.05) is 0 Å². The van der Waals surface area contributed by atoms with Crippen LogP contribution in [0.25, 0.3) is 10.2 Å². The van der Waals surface area contributed by atoms with E-state index in [0.717, 1.165) is 10.2 Å². The molecule has 8 heteroatoms. The summed E-state index contributed by atoms with van der Waals surface area (Å²) in [5.74, 6) is 6.37. The molecule has 0 aliphatic rings. The summed E-state index contributed by atoms with van der Waals surface area (Å²) in [7, 11) is 0. The van der Waals surface area contributed by atoms with Gasteiger partial charge in [0.25, 0.3) is 0 Å². The van der Waals surface area contributed by atoms with Crippen LogP contribution in [0.5, 0.6) is 0 Å². The number of hydrazine groups is 1. The first-order chi connectivity index (χ1) is 10.1. The molecule has 7 nitrogen and oxygen atoms in total. The Labute approximate surface area is 127 Å². The Kier molecular flexibility index (Phi) is 4.92. The molecule has 2 rings (SSSR count). The van der Waals surface area contributed by atoms with Crippen LogP contribution < -0.4 is 16.6 Å². The monoisotopic (exact) mass is 308 g/mol. The number of nitrogens with one attached hydrogen (secondary N) is 2. The topological polar surface area (TPSA) is 96.2 Å². The van der Waals surface area contributed by atoms with Gasteiger partial charge >= 0.3 is 0 Å². The number of carbonyl (C=O) groups is 1. The van der Waals surface area contributed by atoms with Gasteiger partial charge in [-0.05, 0) is 32.2 Å². The average Bonchev–Trinajstić information content (AvgIpc) is 2.96. The van der Waals surface area contributed by atoms with Gasteiger partial charge in [0.05, 0.1) is 5.39 Å². The van der Waals surface area contributed by atoms with Crippen LogP contribution in [0.1, 0.15) is 20.8 Å². The fourth-order valence-electron chi connectivity index (χ4n) is 2.11. The minimum absolute atomic E-state index is 0.0456. The number of rotatable bonds is 6. The zero-order valence-corrected chi connectivity index (χ0v) is 13.2. The maximum Gasteiger partial charge on any atom is 0.244 e. The minimum Gasteiger partial charge on any atom is -0.358 e. The molecule has 0 saturated carbocycles. The number of fused-ring (bicyclic) bond motifs is 1. The van der Waals surface area contributed by atoms with E-state index >= 15 is 0 Å². The Morgan fingerprint density at radius 3 is 2.76 bits per heavy atom. The second-order valence-corrected chi connectivity index (χ2v) is 5.45. The predicted molar refractivity (Wildman–Crippen MR) is 86.2 cm³/mol. The quantitative estimate of drug-likeness (QED) is 0.554. The van der Waals surface area contributed by atoms with Crippen LogP contribution >= 0.6 is 11.3 Å². The van der Waals surface area contributed by atoms with Crippen molar-refractivity contribution in [3.8, 4) is 0 Å². The highest BCUT2D eigenvalue weighted by Gasteiger charge is 2.20. The van der Waals surface area contributed by atoms with Crippen molar-refractivity contribution < 1.29 is 4.79 Å². The summed E-state index contributed by atoms with van der Waals surface area (Å²) in [6, 6.07) is 1.56. The zero-order chi connectivity index (χ0) is 15.4. The summed E-state index contributed by atoms with van der Waals surface area (Å²) in [6.07, 6.45) is 0. The van der Waals surface area contributed by atoms with E-state index in [1.165, 1.54) is 11.3 Å². The van der Waals surface area contributed by atoms with Crippen molar-refractivity contribution in [1.82, 2.24) is 14.9 Å². The van der Waals surface area contributed by atoms with Crippen molar-refractivity contribution in [3.05, 3.63) is 11.4 Å². The highest BCUT2D eigenvalue weighted by Crippen LogP contribution is 2.26. The van der Waals surface area contributed by atoms with Crippen LogP contribution in [0.3, 0.4) is 0 Å². The lowest BCUT2D eigenvalue weighted by Gasteiger charge is -2.24. The van der Waals surface area contributed by atoms with Gasteiger partial charge in [-0.2, -0.15) is 4.98 Å². The number of nitrogen functional groups attached to an aromatic ring is 1. The minimum atomic E-state index is -0.367. The van der Waals surface area contributed by atoms with Gasteiger partial charge in [-0.25, -0.2) is 10.8 Å². The summed E-state index contributed by atoms with van der Waals surface area (Å²) in [5.41, 5.74) is 2.45. The van der Waals surface area contributed by atoms with Gasteiger partial charge < -0.3 is 10.2 Å². The van der Waals surface area contributed by atoms with Crippen LogP contribution in [0.2, 0.25) is 0 Å². The molecule has 0 aliphatic carbocycles. The number of amides is 1. The van der Waals surface area contributed by atoms with Crippen molar-refractivity contribution in [3.63, 3.8) is 0 Å². The molecule has 0 radical (unpaired) electrons. The molecule has 4 N–H and O–H groups in total. The maximum absolute atomic E-state index is 12.3. The molecule has 1 atom stereocenters. The largest absolute Gasteiger partial charge is 0.358 e. The molecule has 0 saturated heterocycles. The number of hydrogen-bond donors (Lipinski definition) is 3. The molecule has 0 bridgehead atoms. The third-order valence-electron chi connectivity index (χ3n) is 3.25. The number of thiophene rings is 1. The molecule has 2 aromatic heterocycles. The molecule has 0 spiro atoms. The Balaban J connectivity index is 2.26. The van der Waals surface area contributed by atoms with E-state index in [9.17, 15) is 4.79 Å². The number of nitrogens with zero attached hydrogens (tertiary/aromatic N) is 3. The standard InChI is InChI=1S/C13H20N6OS/c1-4-19(5-2)12(20)8(3)15-10-9-6-7-21-11(9)17-13(16-10)18-14/h6-8H,4-5,14H2,1-3H3,(H2,15,16,17,18). The van der Waals surface area contributed by atoms with Crippen molar-refractivity contribution >= 4 is 39.2 Å². The first kappa shape index (κ1) is 15.5. The number of hydrogen-bond acceptors (Lipinski definition) is 7. The lowest BCUT2D eigenvalue weighted by atomic mass is 10.2. The SMILES string of the molecule is CCN(CC)C(=O)C(C)Nc1nc(NN)nc2sccc12. The molecular formula is C13H20N6OS. The highest BCUT2D eigenvalue weighted by atomic mass is 32.1. The Morgan fingerprint density at radius 2 is 2.14 bits per heavy atom. The summed E-state index contributed by atoms with van der Waals surface area (Å²) in [6.45, 7) is 7.14. The molecule has 114 valence electrons. The molecule has 0 fully saturated rings. The van der Waals surface area contributed by atoms with E-state index in [-0.39, 0.29) is 11.9 Å². The van der Waals surface area contributed by atoms with Crippen molar-refractivity contribution in [2.75, 3.05) is 23.8 Å². The summed E-state index contributed by atoms with van der Waals surface area (Å²) in [4.78, 5) is 23.5. The molecule has 1 unspecified atom stereocenters. The predicted octanol–water partition coefficient (Wildman–Crippen LogP) is 1.65. The Hall–Kier alpha value is -1.93. The lowest BCUT2D eigenvalue weighted by molar-refractivity contribution is -0.131. The molecule has 0 aromatic carbocycles. The van der Waals surface area contributed by atoms with Gasteiger partial charge in [-0.15, -0.1) is 11.3 Å². The maximum atomic E-state index is 12.3. The van der Waals surface area contributed by atoms with Crippen molar-refractivity contribution in [2.45, 2.75) is 26.8 Å². The van der Waals surface area contributed by atoms with Crippen molar-refractivity contribution in [1.29, 1.82) is 0 Å². The van der Waals surface area contributed by atoms with Crippen LogP contribution in [-0.2, 0) is 4.79 Å². The summed E-state index contributed by atoms with van der Waals surface area (Å²) >= 11 is 1.50. The number of anilines is 2. The zero-order valence-electron chi connectivity index (χ0n) is 12.4. The van der Waals surface area contributed by atoms with Crippen LogP contribution in [0, 0.1) is 0 Å². The molecular weight excluding hydrogens is 288 g/mol. The van der Waals surface area contributed by atoms with E-state index in [1.807, 2.05) is 32.2 Å². The summed E-state index contributed by atoms with van der Waals surface area (Å²) in [5, 5.41) is 5.98. The normalized spacial score (nSPS) is 12.2. The fraction of sp³-hybridized carbons (Fsp3) is 0.462. The number of likely N-dealkylation sites (N-methyl/N-ethyl adjacent to an activating group) is 1. The number of carbonyl (C=O) groups excluding carboxylic acids is 1. The van der Waals surface area contributed by atoms with Crippen molar-refractivity contribution in [2.24, 2.45) is 5.84 Å². The second kappa shape index (κ2) is 6.68. The molecule has 2 heterocycles. The first-order valence-corrected chi connectivity index (χ1v) is 7.75. The Morgan fingerprint density at radius 1 is 1.43 bits per heavy atom. The molecule has 2 aromatic rings.